The van der Waals surface area contributed by atoms with Crippen LogP contribution in [0, 0.1) is 0 Å². The van der Waals surface area contributed by atoms with Gasteiger partial charge in [0.1, 0.15) is 0 Å². The Kier molecular flexibility index (Phi) is 3.98. The third kappa shape index (κ3) is 2.54. The summed E-state index contributed by atoms with van der Waals surface area (Å²) in [5, 5.41) is 10.6. The van der Waals surface area contributed by atoms with E-state index in [1.807, 2.05) is 23.8 Å². The number of hydrogen-bond acceptors (Lipinski definition) is 4. The topological polar surface area (TPSA) is 50.4 Å². The van der Waals surface area contributed by atoms with Gasteiger partial charge in [-0.2, -0.15) is 11.3 Å². The van der Waals surface area contributed by atoms with Gasteiger partial charge in [-0.3, -0.25) is 0 Å². The zero-order valence-corrected chi connectivity index (χ0v) is 11.8. The van der Waals surface area contributed by atoms with E-state index in [4.69, 9.17) is 17.0 Å². The van der Waals surface area contributed by atoms with Gasteiger partial charge in [0.25, 0.3) is 0 Å². The van der Waals surface area contributed by atoms with Crippen LogP contribution in [0.1, 0.15) is 25.5 Å². The summed E-state index contributed by atoms with van der Waals surface area (Å²) in [6.07, 6.45) is 0. The molecule has 0 saturated heterocycles. The van der Waals surface area contributed by atoms with Crippen LogP contribution in [0.3, 0.4) is 0 Å². The average Bonchev–Trinajstić information content (AvgIpc) is 2.81. The number of ether oxygens (including phenoxy) is 1. The van der Waals surface area contributed by atoms with E-state index in [1.54, 1.807) is 18.3 Å². The predicted octanol–water partition coefficient (Wildman–Crippen LogP) is 2.10. The molecule has 2 rings (SSSR count). The van der Waals surface area contributed by atoms with Crippen LogP contribution in [0.15, 0.2) is 28.1 Å². The van der Waals surface area contributed by atoms with Gasteiger partial charge < -0.3 is 15.4 Å². The fraction of sp³-hybridized carbons (Fsp3) is 0.333. The van der Waals surface area contributed by atoms with Crippen molar-refractivity contribution in [2.45, 2.75) is 19.9 Å². The van der Waals surface area contributed by atoms with Crippen molar-refractivity contribution in [1.82, 2.24) is 10.6 Å². The zero-order chi connectivity index (χ0) is 13.1. The van der Waals surface area contributed by atoms with Gasteiger partial charge in [0.2, 0.25) is 0 Å². The van der Waals surface area contributed by atoms with Crippen LogP contribution < -0.4 is 10.6 Å². The lowest BCUT2D eigenvalue weighted by atomic mass is 9.98. The third-order valence-corrected chi connectivity index (χ3v) is 3.56. The molecular weight excluding hydrogens is 268 g/mol. The van der Waals surface area contributed by atoms with Gasteiger partial charge in [0.05, 0.1) is 18.2 Å². The van der Waals surface area contributed by atoms with Gasteiger partial charge in [-0.05, 0) is 48.5 Å². The summed E-state index contributed by atoms with van der Waals surface area (Å²) in [6, 6.07) is 1.74. The summed E-state index contributed by atoms with van der Waals surface area (Å²) in [5.41, 5.74) is 2.35. The summed E-state index contributed by atoms with van der Waals surface area (Å²) in [5.74, 6) is -0.311. The lowest BCUT2D eigenvalue weighted by molar-refractivity contribution is -0.139. The molecule has 6 heteroatoms. The van der Waals surface area contributed by atoms with Gasteiger partial charge >= 0.3 is 5.97 Å². The average molecular weight is 282 g/mol. The molecule has 2 N–H and O–H groups in total. The zero-order valence-electron chi connectivity index (χ0n) is 10.1. The van der Waals surface area contributed by atoms with Crippen LogP contribution in [0.5, 0.6) is 0 Å². The van der Waals surface area contributed by atoms with Crippen LogP contribution in [0.2, 0.25) is 0 Å². The molecule has 1 atom stereocenters. The summed E-state index contributed by atoms with van der Waals surface area (Å²) >= 11 is 6.72. The van der Waals surface area contributed by atoms with Crippen molar-refractivity contribution in [3.8, 4) is 0 Å². The molecule has 18 heavy (non-hydrogen) atoms. The molecule has 0 fully saturated rings. The molecule has 0 unspecified atom stereocenters. The molecule has 0 saturated carbocycles. The van der Waals surface area contributed by atoms with Crippen molar-refractivity contribution in [3.63, 3.8) is 0 Å². The Morgan fingerprint density at radius 1 is 1.61 bits per heavy atom. The number of allylic oxidation sites excluding steroid dienone is 1. The largest absolute Gasteiger partial charge is 0.463 e. The predicted molar refractivity (Wildman–Crippen MR) is 75.3 cm³/mol. The van der Waals surface area contributed by atoms with E-state index in [2.05, 4.69) is 10.6 Å². The lowest BCUT2D eigenvalue weighted by Crippen LogP contribution is -2.45. The van der Waals surface area contributed by atoms with Crippen LogP contribution >= 0.6 is 23.6 Å². The number of carbonyl (C=O) groups excluding carboxylic acids is 1. The standard InChI is InChI=1S/C12H14N2O2S2/c1-3-16-11(15)9-7(2)13-12(17)14-10(9)8-4-5-18-6-8/h4-6,10H,3H2,1-2H3,(H2,13,14,17)/t10-/m0/s1. The molecule has 0 amide bonds. The Morgan fingerprint density at radius 2 is 2.39 bits per heavy atom. The number of thiocarbonyl (C=S) groups is 1. The third-order valence-electron chi connectivity index (χ3n) is 2.64. The van der Waals surface area contributed by atoms with Gasteiger partial charge in [-0.15, -0.1) is 0 Å². The minimum Gasteiger partial charge on any atom is -0.463 e. The monoisotopic (exact) mass is 282 g/mol. The van der Waals surface area contributed by atoms with Crippen LogP contribution in [0.25, 0.3) is 0 Å². The van der Waals surface area contributed by atoms with Crippen LogP contribution in [0.4, 0.5) is 0 Å². The minimum absolute atomic E-state index is 0.232. The maximum Gasteiger partial charge on any atom is 0.338 e. The van der Waals surface area contributed by atoms with E-state index in [0.29, 0.717) is 17.3 Å². The molecule has 0 spiro atoms. The van der Waals surface area contributed by atoms with Crippen molar-refractivity contribution < 1.29 is 9.53 Å². The Bertz CT molecular complexity index is 494. The van der Waals surface area contributed by atoms with Gasteiger partial charge in [-0.1, -0.05) is 0 Å². The molecule has 1 aromatic heterocycles. The second-order valence-electron chi connectivity index (χ2n) is 3.85. The number of esters is 1. The van der Waals surface area contributed by atoms with E-state index >= 15 is 0 Å². The molecular formula is C12H14N2O2S2. The van der Waals surface area contributed by atoms with Crippen LogP contribution in [-0.2, 0) is 9.53 Å². The molecule has 0 aliphatic carbocycles. The molecule has 1 aromatic rings. The first-order valence-corrected chi connectivity index (χ1v) is 6.96. The Morgan fingerprint density at radius 3 is 3.00 bits per heavy atom. The molecule has 4 nitrogen and oxygen atoms in total. The minimum atomic E-state index is -0.311. The van der Waals surface area contributed by atoms with Crippen molar-refractivity contribution in [2.24, 2.45) is 0 Å². The Balaban J connectivity index is 2.38. The highest BCUT2D eigenvalue weighted by molar-refractivity contribution is 7.80. The molecule has 96 valence electrons. The Labute approximate surface area is 115 Å². The fourth-order valence-corrected chi connectivity index (χ4v) is 2.82. The van der Waals surface area contributed by atoms with E-state index in [1.165, 1.54) is 0 Å². The van der Waals surface area contributed by atoms with E-state index in [9.17, 15) is 4.79 Å². The normalized spacial score (nSPS) is 19.2. The molecule has 1 aliphatic heterocycles. The van der Waals surface area contributed by atoms with Gasteiger partial charge in [0.15, 0.2) is 5.11 Å². The molecule has 1 aliphatic rings. The number of carbonyl (C=O) groups is 1. The number of nitrogens with one attached hydrogen (secondary N) is 2. The summed E-state index contributed by atoms with van der Waals surface area (Å²) in [7, 11) is 0. The second kappa shape index (κ2) is 5.49. The quantitative estimate of drug-likeness (QED) is 0.657. The first-order chi connectivity index (χ1) is 8.63. The smallest absolute Gasteiger partial charge is 0.338 e. The molecule has 0 bridgehead atoms. The van der Waals surface area contributed by atoms with Crippen molar-refractivity contribution in [3.05, 3.63) is 33.7 Å². The lowest BCUT2D eigenvalue weighted by Gasteiger charge is -2.29. The fourth-order valence-electron chi connectivity index (χ4n) is 1.86. The number of hydrogen-bond donors (Lipinski definition) is 2. The van der Waals surface area contributed by atoms with E-state index in [-0.39, 0.29) is 12.0 Å². The first-order valence-electron chi connectivity index (χ1n) is 5.61. The van der Waals surface area contributed by atoms with Crippen molar-refractivity contribution in [2.75, 3.05) is 6.61 Å². The molecule has 0 aromatic carbocycles. The number of thiophene rings is 1. The highest BCUT2D eigenvalue weighted by Gasteiger charge is 2.30. The SMILES string of the molecule is CCOC(=O)C1=C(C)NC(=S)N[C@H]1c1ccsc1. The summed E-state index contributed by atoms with van der Waals surface area (Å²) in [4.78, 5) is 12.0. The molecule has 0 radical (unpaired) electrons. The molecule has 2 heterocycles. The summed E-state index contributed by atoms with van der Waals surface area (Å²) < 4.78 is 5.10. The highest BCUT2D eigenvalue weighted by Crippen LogP contribution is 2.28. The van der Waals surface area contributed by atoms with Gasteiger partial charge in [0, 0.05) is 5.70 Å². The van der Waals surface area contributed by atoms with Gasteiger partial charge in [-0.25, -0.2) is 4.79 Å². The maximum absolute atomic E-state index is 12.0. The van der Waals surface area contributed by atoms with Crippen molar-refractivity contribution >= 4 is 34.6 Å². The van der Waals surface area contributed by atoms with E-state index in [0.717, 1.165) is 11.3 Å². The van der Waals surface area contributed by atoms with E-state index < -0.39 is 0 Å². The second-order valence-corrected chi connectivity index (χ2v) is 5.04. The number of rotatable bonds is 3. The van der Waals surface area contributed by atoms with Crippen LogP contribution in [-0.4, -0.2) is 17.7 Å². The van der Waals surface area contributed by atoms with Crippen molar-refractivity contribution in [1.29, 1.82) is 0 Å². The Hall–Kier alpha value is -1.40. The highest BCUT2D eigenvalue weighted by atomic mass is 32.1. The maximum atomic E-state index is 12.0. The first kappa shape index (κ1) is 13.0. The summed E-state index contributed by atoms with van der Waals surface area (Å²) in [6.45, 7) is 3.98.